The van der Waals surface area contributed by atoms with Crippen LogP contribution in [0, 0.1) is 10.1 Å². The third-order valence-corrected chi connectivity index (χ3v) is 3.90. The zero-order valence-corrected chi connectivity index (χ0v) is 14.6. The minimum absolute atomic E-state index is 0.0360. The number of hydrogen-bond acceptors (Lipinski definition) is 5. The van der Waals surface area contributed by atoms with Crippen LogP contribution in [0.25, 0.3) is 0 Å². The monoisotopic (exact) mass is 357 g/mol. The summed E-state index contributed by atoms with van der Waals surface area (Å²) in [6, 6.07) is 15.3. The molecule has 2 aromatic rings. The molecule has 0 spiro atoms. The number of aliphatic hydroxyl groups is 1. The van der Waals surface area contributed by atoms with Crippen molar-refractivity contribution in [1.82, 2.24) is 5.32 Å². The summed E-state index contributed by atoms with van der Waals surface area (Å²) in [7, 11) is 0. The van der Waals surface area contributed by atoms with Crippen molar-refractivity contribution in [3.63, 3.8) is 0 Å². The maximum atomic E-state index is 12.1. The highest BCUT2D eigenvalue weighted by Gasteiger charge is 2.15. The molecule has 7 nitrogen and oxygen atoms in total. The van der Waals surface area contributed by atoms with Gasteiger partial charge in [0.25, 0.3) is 5.69 Å². The van der Waals surface area contributed by atoms with Crippen LogP contribution in [0.3, 0.4) is 0 Å². The van der Waals surface area contributed by atoms with Crippen LogP contribution in [0.1, 0.15) is 18.9 Å². The number of nitrogens with one attached hydrogen (secondary N) is 2. The van der Waals surface area contributed by atoms with Gasteiger partial charge in [0.1, 0.15) is 0 Å². The standard InChI is InChI=1S/C19H23N3O4/c1-14(20-17(13-23)11-15-6-3-2-4-7-15)10-19(24)21-16-8-5-9-18(12-16)22(25)26/h2-9,12,14,17,20,23H,10-11,13H2,1H3,(H,21,24)/t14?,17-/m1/s1. The fourth-order valence-electron chi connectivity index (χ4n) is 2.72. The number of carbonyl (C=O) groups is 1. The lowest BCUT2D eigenvalue weighted by molar-refractivity contribution is -0.384. The zero-order valence-electron chi connectivity index (χ0n) is 14.6. The minimum atomic E-state index is -0.505. The van der Waals surface area contributed by atoms with Gasteiger partial charge >= 0.3 is 0 Å². The van der Waals surface area contributed by atoms with Gasteiger partial charge in [-0.1, -0.05) is 36.4 Å². The molecule has 0 radical (unpaired) electrons. The number of nitrogens with zero attached hydrogens (tertiary/aromatic N) is 1. The van der Waals surface area contributed by atoms with Gasteiger partial charge in [0, 0.05) is 36.3 Å². The van der Waals surface area contributed by atoms with Gasteiger partial charge in [-0.15, -0.1) is 0 Å². The van der Waals surface area contributed by atoms with E-state index in [2.05, 4.69) is 10.6 Å². The van der Waals surface area contributed by atoms with Crippen molar-refractivity contribution < 1.29 is 14.8 Å². The van der Waals surface area contributed by atoms with Gasteiger partial charge in [0.15, 0.2) is 0 Å². The van der Waals surface area contributed by atoms with Crippen molar-refractivity contribution in [2.24, 2.45) is 0 Å². The number of rotatable bonds is 9. The molecule has 2 atom stereocenters. The van der Waals surface area contributed by atoms with Crippen molar-refractivity contribution in [3.05, 3.63) is 70.3 Å². The number of nitro benzene ring substituents is 1. The van der Waals surface area contributed by atoms with Crippen molar-refractivity contribution in [1.29, 1.82) is 0 Å². The Morgan fingerprint density at radius 2 is 1.92 bits per heavy atom. The molecule has 7 heteroatoms. The second-order valence-corrected chi connectivity index (χ2v) is 6.20. The predicted octanol–water partition coefficient (Wildman–Crippen LogP) is 2.51. The van der Waals surface area contributed by atoms with Crippen molar-refractivity contribution >= 4 is 17.3 Å². The van der Waals surface area contributed by atoms with Crippen molar-refractivity contribution in [3.8, 4) is 0 Å². The molecule has 2 aromatic carbocycles. The number of carbonyl (C=O) groups excluding carboxylic acids is 1. The minimum Gasteiger partial charge on any atom is -0.395 e. The van der Waals surface area contributed by atoms with Crippen molar-refractivity contribution in [2.45, 2.75) is 31.8 Å². The van der Waals surface area contributed by atoms with Crippen LogP contribution in [0.5, 0.6) is 0 Å². The third kappa shape index (κ3) is 6.27. The Kier molecular flexibility index (Phi) is 7.25. The first-order chi connectivity index (χ1) is 12.5. The largest absolute Gasteiger partial charge is 0.395 e. The predicted molar refractivity (Wildman–Crippen MR) is 100.0 cm³/mol. The van der Waals surface area contributed by atoms with Crippen LogP contribution in [0.15, 0.2) is 54.6 Å². The number of aliphatic hydroxyl groups excluding tert-OH is 1. The summed E-state index contributed by atoms with van der Waals surface area (Å²) < 4.78 is 0. The van der Waals surface area contributed by atoms with Gasteiger partial charge in [-0.05, 0) is 25.0 Å². The molecule has 0 aliphatic carbocycles. The first-order valence-electron chi connectivity index (χ1n) is 8.43. The Bertz CT molecular complexity index is 737. The number of anilines is 1. The first-order valence-corrected chi connectivity index (χ1v) is 8.43. The molecule has 0 saturated heterocycles. The Balaban J connectivity index is 1.85. The molecule has 3 N–H and O–H groups in total. The summed E-state index contributed by atoms with van der Waals surface area (Å²) in [4.78, 5) is 22.4. The third-order valence-electron chi connectivity index (χ3n) is 3.90. The fourth-order valence-corrected chi connectivity index (χ4v) is 2.72. The van der Waals surface area contributed by atoms with Crippen LogP contribution < -0.4 is 10.6 Å². The highest BCUT2D eigenvalue weighted by atomic mass is 16.6. The summed E-state index contributed by atoms with van der Waals surface area (Å²) in [6.45, 7) is 1.83. The highest BCUT2D eigenvalue weighted by Crippen LogP contribution is 2.17. The number of benzene rings is 2. The highest BCUT2D eigenvalue weighted by molar-refractivity contribution is 5.91. The molecule has 0 aliphatic heterocycles. The first kappa shape index (κ1) is 19.6. The van der Waals surface area contributed by atoms with E-state index in [4.69, 9.17) is 0 Å². The summed E-state index contributed by atoms with van der Waals surface area (Å²) in [5.74, 6) is -0.248. The number of hydrogen-bond donors (Lipinski definition) is 3. The van der Waals surface area contributed by atoms with Gasteiger partial charge < -0.3 is 15.7 Å². The van der Waals surface area contributed by atoms with Gasteiger partial charge in [0.2, 0.25) is 5.91 Å². The molecule has 0 aromatic heterocycles. The molecule has 138 valence electrons. The average Bonchev–Trinajstić information content (AvgIpc) is 2.62. The van der Waals surface area contributed by atoms with E-state index in [0.29, 0.717) is 12.1 Å². The van der Waals surface area contributed by atoms with Gasteiger partial charge in [-0.3, -0.25) is 14.9 Å². The molecule has 1 amide bonds. The second kappa shape index (κ2) is 9.65. The van der Waals surface area contributed by atoms with E-state index in [1.54, 1.807) is 6.07 Å². The summed E-state index contributed by atoms with van der Waals surface area (Å²) in [6.07, 6.45) is 0.849. The molecular weight excluding hydrogens is 334 g/mol. The SMILES string of the molecule is CC(CC(=O)Nc1cccc([N+](=O)[O-])c1)N[C@@H](CO)Cc1ccccc1. The Hall–Kier alpha value is -2.77. The quantitative estimate of drug-likeness (QED) is 0.472. The molecule has 1 unspecified atom stereocenters. The smallest absolute Gasteiger partial charge is 0.271 e. The van der Waals surface area contributed by atoms with Crippen molar-refractivity contribution in [2.75, 3.05) is 11.9 Å². The molecule has 2 rings (SSSR count). The maximum Gasteiger partial charge on any atom is 0.271 e. The van der Waals surface area contributed by atoms with Gasteiger partial charge in [0.05, 0.1) is 11.5 Å². The summed E-state index contributed by atoms with van der Waals surface area (Å²) in [5.41, 5.74) is 1.42. The molecule has 26 heavy (non-hydrogen) atoms. The fraction of sp³-hybridized carbons (Fsp3) is 0.316. The van der Waals surface area contributed by atoms with Crippen LogP contribution in [0.4, 0.5) is 11.4 Å². The summed E-state index contributed by atoms with van der Waals surface area (Å²) in [5, 5.41) is 26.2. The summed E-state index contributed by atoms with van der Waals surface area (Å²) >= 11 is 0. The normalized spacial score (nSPS) is 13.0. The molecular formula is C19H23N3O4. The Labute approximate surface area is 152 Å². The average molecular weight is 357 g/mol. The van der Waals surface area contributed by atoms with E-state index in [9.17, 15) is 20.0 Å². The topological polar surface area (TPSA) is 104 Å². The Morgan fingerprint density at radius 1 is 1.19 bits per heavy atom. The number of nitro groups is 1. The van der Waals surface area contributed by atoms with E-state index in [1.165, 1.54) is 18.2 Å². The van der Waals surface area contributed by atoms with E-state index in [0.717, 1.165) is 5.56 Å². The van der Waals surface area contributed by atoms with E-state index >= 15 is 0 Å². The van der Waals surface area contributed by atoms with Crippen LogP contribution in [-0.2, 0) is 11.2 Å². The van der Waals surface area contributed by atoms with Crippen LogP contribution in [0.2, 0.25) is 0 Å². The zero-order chi connectivity index (χ0) is 18.9. The molecule has 0 aliphatic rings. The van der Waals surface area contributed by atoms with E-state index < -0.39 is 4.92 Å². The van der Waals surface area contributed by atoms with Crippen LogP contribution >= 0.6 is 0 Å². The van der Waals surface area contributed by atoms with E-state index in [-0.39, 0.29) is 36.7 Å². The molecule has 0 saturated carbocycles. The van der Waals surface area contributed by atoms with E-state index in [1.807, 2.05) is 37.3 Å². The Morgan fingerprint density at radius 3 is 2.58 bits per heavy atom. The second-order valence-electron chi connectivity index (χ2n) is 6.20. The molecule has 0 fully saturated rings. The molecule has 0 heterocycles. The maximum absolute atomic E-state index is 12.1. The van der Waals surface area contributed by atoms with Gasteiger partial charge in [-0.2, -0.15) is 0 Å². The number of non-ortho nitro benzene ring substituents is 1. The lowest BCUT2D eigenvalue weighted by Gasteiger charge is -2.21. The number of amides is 1. The van der Waals surface area contributed by atoms with Crippen LogP contribution in [-0.4, -0.2) is 34.6 Å². The lowest BCUT2D eigenvalue weighted by atomic mass is 10.1. The molecule has 0 bridgehead atoms. The van der Waals surface area contributed by atoms with Gasteiger partial charge in [-0.25, -0.2) is 0 Å². The lowest BCUT2D eigenvalue weighted by Crippen LogP contribution is -2.42.